The molecule has 1 saturated heterocycles. The van der Waals surface area contributed by atoms with Crippen molar-refractivity contribution in [3.8, 4) is 5.75 Å². The molecule has 0 aromatic heterocycles. The summed E-state index contributed by atoms with van der Waals surface area (Å²) in [5.74, 6) is 0.648. The molecule has 2 aromatic rings. The summed E-state index contributed by atoms with van der Waals surface area (Å²) < 4.78 is 5.71. The van der Waals surface area contributed by atoms with Crippen LogP contribution in [0.1, 0.15) is 6.92 Å². The highest BCUT2D eigenvalue weighted by Gasteiger charge is 2.21. The molecule has 1 heterocycles. The molecule has 1 aliphatic rings. The molecule has 1 aliphatic heterocycles. The van der Waals surface area contributed by atoms with Crippen LogP contribution in [0.3, 0.4) is 0 Å². The first-order valence-electron chi connectivity index (χ1n) is 9.41. The fourth-order valence-corrected chi connectivity index (χ4v) is 3.46. The number of nitrogens with zero attached hydrogens (tertiary/aromatic N) is 3. The number of benzene rings is 2. The molecule has 0 unspecified atom stereocenters. The maximum Gasteiger partial charge on any atom is 0.289 e. The molecule has 0 radical (unpaired) electrons. The van der Waals surface area contributed by atoms with Gasteiger partial charge >= 0.3 is 0 Å². The zero-order chi connectivity index (χ0) is 20.8. The summed E-state index contributed by atoms with van der Waals surface area (Å²) in [5.41, 5.74) is 1.19. The number of nitro benzene ring substituents is 1. The Kier molecular flexibility index (Phi) is 6.90. The molecule has 0 atom stereocenters. The maximum atomic E-state index is 12.3. The Hall–Kier alpha value is -2.84. The number of hydrogen-bond acceptors (Lipinski definition) is 6. The van der Waals surface area contributed by atoms with Gasteiger partial charge in [-0.2, -0.15) is 0 Å². The molecule has 0 bridgehead atoms. The lowest BCUT2D eigenvalue weighted by molar-refractivity contribution is -0.384. The van der Waals surface area contributed by atoms with Gasteiger partial charge in [0.2, 0.25) is 5.91 Å². The van der Waals surface area contributed by atoms with Crippen LogP contribution in [0.4, 0.5) is 17.1 Å². The van der Waals surface area contributed by atoms with E-state index in [0.29, 0.717) is 12.3 Å². The Labute approximate surface area is 174 Å². The van der Waals surface area contributed by atoms with Crippen LogP contribution in [0.25, 0.3) is 0 Å². The lowest BCUT2D eigenvalue weighted by Crippen LogP contribution is -2.48. The lowest BCUT2D eigenvalue weighted by atomic mass is 10.2. The van der Waals surface area contributed by atoms with E-state index in [2.05, 4.69) is 15.1 Å². The minimum atomic E-state index is -0.572. The Morgan fingerprint density at radius 1 is 1.21 bits per heavy atom. The van der Waals surface area contributed by atoms with Crippen molar-refractivity contribution in [2.45, 2.75) is 6.92 Å². The molecule has 1 fully saturated rings. The Bertz CT molecular complexity index is 885. The van der Waals surface area contributed by atoms with Gasteiger partial charge < -0.3 is 15.0 Å². The van der Waals surface area contributed by atoms with Crippen molar-refractivity contribution in [1.82, 2.24) is 4.90 Å². The second-order valence-corrected chi connectivity index (χ2v) is 7.04. The van der Waals surface area contributed by atoms with Gasteiger partial charge in [0.1, 0.15) is 10.8 Å². The molecular weight excluding hydrogens is 396 g/mol. The molecule has 1 amide bonds. The first kappa shape index (κ1) is 20.9. The van der Waals surface area contributed by atoms with Crippen molar-refractivity contribution < 1.29 is 14.5 Å². The Morgan fingerprint density at radius 2 is 1.93 bits per heavy atom. The van der Waals surface area contributed by atoms with Crippen LogP contribution in [0.2, 0.25) is 5.02 Å². The molecule has 8 nitrogen and oxygen atoms in total. The number of piperazine rings is 1. The van der Waals surface area contributed by atoms with Gasteiger partial charge in [-0.15, -0.1) is 0 Å². The van der Waals surface area contributed by atoms with Crippen molar-refractivity contribution in [2.75, 3.05) is 49.5 Å². The molecule has 1 N–H and O–H groups in total. The second kappa shape index (κ2) is 9.58. The average molecular weight is 419 g/mol. The fraction of sp³-hybridized carbons (Fsp3) is 0.350. The zero-order valence-electron chi connectivity index (χ0n) is 16.1. The smallest absolute Gasteiger partial charge is 0.289 e. The van der Waals surface area contributed by atoms with E-state index in [-0.39, 0.29) is 23.2 Å². The number of hydrogen-bond donors (Lipinski definition) is 1. The quantitative estimate of drug-likeness (QED) is 0.547. The maximum absolute atomic E-state index is 12.3. The van der Waals surface area contributed by atoms with Gasteiger partial charge in [0, 0.05) is 37.9 Å². The molecule has 29 heavy (non-hydrogen) atoms. The number of anilines is 2. The average Bonchev–Trinajstić information content (AvgIpc) is 2.70. The minimum absolute atomic E-state index is 0.0384. The predicted molar refractivity (Wildman–Crippen MR) is 113 cm³/mol. The van der Waals surface area contributed by atoms with Crippen molar-refractivity contribution in [2.24, 2.45) is 0 Å². The third kappa shape index (κ3) is 5.36. The van der Waals surface area contributed by atoms with E-state index < -0.39 is 4.92 Å². The first-order chi connectivity index (χ1) is 14.0. The van der Waals surface area contributed by atoms with Crippen molar-refractivity contribution in [1.29, 1.82) is 0 Å². The third-order valence-electron chi connectivity index (χ3n) is 4.67. The van der Waals surface area contributed by atoms with Gasteiger partial charge in [-0.25, -0.2) is 0 Å². The number of amides is 1. The number of ether oxygens (including phenoxy) is 1. The van der Waals surface area contributed by atoms with Crippen LogP contribution >= 0.6 is 11.6 Å². The number of halogens is 1. The van der Waals surface area contributed by atoms with Crippen LogP contribution in [0.15, 0.2) is 42.5 Å². The topological polar surface area (TPSA) is 88.0 Å². The van der Waals surface area contributed by atoms with Crippen LogP contribution in [-0.2, 0) is 4.79 Å². The molecule has 0 saturated carbocycles. The first-order valence-corrected chi connectivity index (χ1v) is 9.78. The standard InChI is InChI=1S/C20H23ClN4O4/c1-2-29-19-6-4-3-5-17(19)24-11-9-23(10-12-24)14-20(26)22-15-7-8-16(21)18(13-15)25(27)28/h3-8,13H,2,9-12,14H2,1H3,(H,22,26). The third-order valence-corrected chi connectivity index (χ3v) is 4.99. The van der Waals surface area contributed by atoms with Crippen molar-refractivity contribution in [3.63, 3.8) is 0 Å². The van der Waals surface area contributed by atoms with Gasteiger partial charge in [0.15, 0.2) is 0 Å². The van der Waals surface area contributed by atoms with Crippen LogP contribution in [-0.4, -0.2) is 55.1 Å². The van der Waals surface area contributed by atoms with Crippen LogP contribution in [0.5, 0.6) is 5.75 Å². The largest absolute Gasteiger partial charge is 0.492 e. The van der Waals surface area contributed by atoms with Crippen LogP contribution in [0, 0.1) is 10.1 Å². The minimum Gasteiger partial charge on any atom is -0.492 e. The monoisotopic (exact) mass is 418 g/mol. The van der Waals surface area contributed by atoms with Gasteiger partial charge in [0.25, 0.3) is 5.69 Å². The molecule has 2 aromatic carbocycles. The highest BCUT2D eigenvalue weighted by molar-refractivity contribution is 6.32. The van der Waals surface area contributed by atoms with Crippen molar-refractivity contribution in [3.05, 3.63) is 57.6 Å². The number of nitro groups is 1. The molecule has 3 rings (SSSR count). The summed E-state index contributed by atoms with van der Waals surface area (Å²) in [6, 6.07) is 12.2. The second-order valence-electron chi connectivity index (χ2n) is 6.64. The van der Waals surface area contributed by atoms with Gasteiger partial charge in [-0.1, -0.05) is 23.7 Å². The van der Waals surface area contributed by atoms with E-state index in [0.717, 1.165) is 37.6 Å². The van der Waals surface area contributed by atoms with Crippen molar-refractivity contribution >= 4 is 34.6 Å². The number of rotatable bonds is 7. The van der Waals surface area contributed by atoms with E-state index >= 15 is 0 Å². The lowest BCUT2D eigenvalue weighted by Gasteiger charge is -2.36. The molecule has 9 heteroatoms. The molecule has 0 spiro atoms. The normalized spacial score (nSPS) is 14.5. The predicted octanol–water partition coefficient (Wildman–Crippen LogP) is 3.41. The number of carbonyl (C=O) groups is 1. The molecule has 0 aliphatic carbocycles. The van der Waals surface area contributed by atoms with E-state index in [9.17, 15) is 14.9 Å². The summed E-state index contributed by atoms with van der Waals surface area (Å²) in [6.07, 6.45) is 0. The van der Waals surface area contributed by atoms with Gasteiger partial charge in [-0.05, 0) is 31.2 Å². The van der Waals surface area contributed by atoms with Gasteiger partial charge in [0.05, 0.1) is 23.8 Å². The Morgan fingerprint density at radius 3 is 2.62 bits per heavy atom. The van der Waals surface area contributed by atoms with E-state index in [4.69, 9.17) is 16.3 Å². The van der Waals surface area contributed by atoms with Crippen LogP contribution < -0.4 is 15.0 Å². The van der Waals surface area contributed by atoms with Gasteiger partial charge in [-0.3, -0.25) is 19.8 Å². The van der Waals surface area contributed by atoms with E-state index in [1.807, 2.05) is 31.2 Å². The number of para-hydroxylation sites is 2. The molecule has 154 valence electrons. The summed E-state index contributed by atoms with van der Waals surface area (Å²) >= 11 is 5.80. The highest BCUT2D eigenvalue weighted by Crippen LogP contribution is 2.29. The number of carbonyl (C=O) groups excluding carboxylic acids is 1. The summed E-state index contributed by atoms with van der Waals surface area (Å²) in [6.45, 7) is 5.82. The summed E-state index contributed by atoms with van der Waals surface area (Å²) in [4.78, 5) is 27.1. The summed E-state index contributed by atoms with van der Waals surface area (Å²) in [5, 5.41) is 13.7. The number of nitrogens with one attached hydrogen (secondary N) is 1. The fourth-order valence-electron chi connectivity index (χ4n) is 3.28. The zero-order valence-corrected chi connectivity index (χ0v) is 16.9. The summed E-state index contributed by atoms with van der Waals surface area (Å²) in [7, 11) is 0. The Balaban J connectivity index is 1.54. The molecular formula is C20H23ClN4O4. The van der Waals surface area contributed by atoms with E-state index in [1.165, 1.54) is 12.1 Å². The van der Waals surface area contributed by atoms with E-state index in [1.54, 1.807) is 6.07 Å². The highest BCUT2D eigenvalue weighted by atomic mass is 35.5. The SMILES string of the molecule is CCOc1ccccc1N1CCN(CC(=O)Nc2ccc(Cl)c([N+](=O)[O-])c2)CC1.